The minimum Gasteiger partial charge on any atom is -0.354 e. The van der Waals surface area contributed by atoms with Gasteiger partial charge in [0.1, 0.15) is 5.82 Å². The molecule has 0 bridgehead atoms. The molecule has 19 heavy (non-hydrogen) atoms. The van der Waals surface area contributed by atoms with Crippen LogP contribution in [0.5, 0.6) is 0 Å². The van der Waals surface area contributed by atoms with Crippen molar-refractivity contribution in [2.75, 3.05) is 23.7 Å². The smallest absolute Gasteiger partial charge is 0.133 e. The van der Waals surface area contributed by atoms with E-state index in [9.17, 15) is 0 Å². The van der Waals surface area contributed by atoms with Gasteiger partial charge < -0.3 is 10.2 Å². The molecule has 3 nitrogen and oxygen atoms in total. The van der Waals surface area contributed by atoms with Crippen LogP contribution >= 0.6 is 11.8 Å². The summed E-state index contributed by atoms with van der Waals surface area (Å²) in [6, 6.07) is 4.74. The van der Waals surface area contributed by atoms with Gasteiger partial charge in [0, 0.05) is 48.4 Å². The normalized spacial score (nSPS) is 20.0. The highest BCUT2D eigenvalue weighted by Crippen LogP contribution is 2.26. The summed E-state index contributed by atoms with van der Waals surface area (Å²) in [6.07, 6.45) is 3.16. The lowest BCUT2D eigenvalue weighted by atomic mass is 10.2. The summed E-state index contributed by atoms with van der Waals surface area (Å²) in [4.78, 5) is 7.09. The molecule has 1 aliphatic heterocycles. The first kappa shape index (κ1) is 14.7. The molecule has 0 saturated carbocycles. The predicted molar refractivity (Wildman–Crippen MR) is 85.0 cm³/mol. The highest BCUT2D eigenvalue weighted by molar-refractivity contribution is 8.00. The SMILES string of the molecule is CCC1CN(c2ncccc2CNC(C)C)CCS1. The second-order valence-electron chi connectivity index (χ2n) is 5.37. The summed E-state index contributed by atoms with van der Waals surface area (Å²) < 4.78 is 0. The summed E-state index contributed by atoms with van der Waals surface area (Å²) in [5, 5.41) is 4.25. The third kappa shape index (κ3) is 4.11. The van der Waals surface area contributed by atoms with Gasteiger partial charge in [-0.15, -0.1) is 0 Å². The van der Waals surface area contributed by atoms with Crippen LogP contribution in [-0.2, 0) is 6.54 Å². The van der Waals surface area contributed by atoms with Crippen LogP contribution in [-0.4, -0.2) is 35.1 Å². The quantitative estimate of drug-likeness (QED) is 0.897. The van der Waals surface area contributed by atoms with Crippen molar-refractivity contribution in [1.29, 1.82) is 0 Å². The molecule has 0 radical (unpaired) electrons. The van der Waals surface area contributed by atoms with Gasteiger partial charge in [-0.2, -0.15) is 11.8 Å². The van der Waals surface area contributed by atoms with E-state index in [0.29, 0.717) is 6.04 Å². The van der Waals surface area contributed by atoms with E-state index < -0.39 is 0 Å². The van der Waals surface area contributed by atoms with Crippen LogP contribution in [0.1, 0.15) is 32.8 Å². The van der Waals surface area contributed by atoms with Crippen LogP contribution in [0.4, 0.5) is 5.82 Å². The van der Waals surface area contributed by atoms with Crippen molar-refractivity contribution < 1.29 is 0 Å². The van der Waals surface area contributed by atoms with Crippen molar-refractivity contribution in [3.05, 3.63) is 23.9 Å². The molecule has 1 N–H and O–H groups in total. The van der Waals surface area contributed by atoms with Gasteiger partial charge in [-0.1, -0.05) is 26.8 Å². The van der Waals surface area contributed by atoms with Crippen LogP contribution in [0, 0.1) is 0 Å². The van der Waals surface area contributed by atoms with Gasteiger partial charge in [-0.25, -0.2) is 4.98 Å². The first-order valence-electron chi connectivity index (χ1n) is 7.24. The fourth-order valence-corrected chi connectivity index (χ4v) is 3.51. The van der Waals surface area contributed by atoms with E-state index in [1.54, 1.807) is 0 Å². The molecule has 106 valence electrons. The first-order valence-corrected chi connectivity index (χ1v) is 8.29. The van der Waals surface area contributed by atoms with Crippen LogP contribution in [0.3, 0.4) is 0 Å². The second kappa shape index (κ2) is 7.15. The minimum absolute atomic E-state index is 0.508. The topological polar surface area (TPSA) is 28.2 Å². The zero-order valence-corrected chi connectivity index (χ0v) is 13.0. The fraction of sp³-hybridized carbons (Fsp3) is 0.667. The van der Waals surface area contributed by atoms with Crippen LogP contribution in [0.2, 0.25) is 0 Å². The molecule has 1 atom stereocenters. The maximum Gasteiger partial charge on any atom is 0.133 e. The number of pyridine rings is 1. The monoisotopic (exact) mass is 279 g/mol. The Morgan fingerprint density at radius 3 is 3.11 bits per heavy atom. The molecule has 1 aromatic rings. The number of hydrogen-bond donors (Lipinski definition) is 1. The summed E-state index contributed by atoms with van der Waals surface area (Å²) in [7, 11) is 0. The van der Waals surface area contributed by atoms with Crippen molar-refractivity contribution in [2.24, 2.45) is 0 Å². The van der Waals surface area contributed by atoms with E-state index in [2.05, 4.69) is 53.8 Å². The van der Waals surface area contributed by atoms with Crippen LogP contribution < -0.4 is 10.2 Å². The standard InChI is InChI=1S/C15H25N3S/c1-4-14-11-18(8-9-19-14)15-13(6-5-7-16-15)10-17-12(2)3/h5-7,12,14,17H,4,8-11H2,1-3H3. The zero-order chi connectivity index (χ0) is 13.7. The van der Waals surface area contributed by atoms with Gasteiger partial charge >= 0.3 is 0 Å². The number of anilines is 1. The summed E-state index contributed by atoms with van der Waals surface area (Å²) in [6.45, 7) is 9.79. The summed E-state index contributed by atoms with van der Waals surface area (Å²) in [5.74, 6) is 2.39. The fourth-order valence-electron chi connectivity index (χ4n) is 2.33. The Morgan fingerprint density at radius 2 is 2.37 bits per heavy atom. The Bertz CT molecular complexity index is 395. The third-order valence-electron chi connectivity index (χ3n) is 3.46. The lowest BCUT2D eigenvalue weighted by Crippen LogP contribution is -2.39. The minimum atomic E-state index is 0.508. The van der Waals surface area contributed by atoms with E-state index in [1.807, 2.05) is 12.3 Å². The van der Waals surface area contributed by atoms with Gasteiger partial charge in [0.25, 0.3) is 0 Å². The molecule has 1 fully saturated rings. The largest absolute Gasteiger partial charge is 0.354 e. The van der Waals surface area contributed by atoms with E-state index in [0.717, 1.165) is 24.9 Å². The first-order chi connectivity index (χ1) is 9.20. The summed E-state index contributed by atoms with van der Waals surface area (Å²) in [5.41, 5.74) is 1.32. The Balaban J connectivity index is 2.09. The van der Waals surface area contributed by atoms with E-state index >= 15 is 0 Å². The average Bonchev–Trinajstić information content (AvgIpc) is 2.45. The molecule has 1 aliphatic rings. The highest BCUT2D eigenvalue weighted by Gasteiger charge is 2.21. The molecule has 1 saturated heterocycles. The summed E-state index contributed by atoms with van der Waals surface area (Å²) >= 11 is 2.10. The number of aromatic nitrogens is 1. The van der Waals surface area contributed by atoms with E-state index in [4.69, 9.17) is 0 Å². The molecule has 4 heteroatoms. The molecule has 0 spiro atoms. The highest BCUT2D eigenvalue weighted by atomic mass is 32.2. The van der Waals surface area contributed by atoms with Gasteiger partial charge in [0.2, 0.25) is 0 Å². The van der Waals surface area contributed by atoms with Crippen molar-refractivity contribution >= 4 is 17.6 Å². The Morgan fingerprint density at radius 1 is 1.53 bits per heavy atom. The molecule has 0 aliphatic carbocycles. The van der Waals surface area contributed by atoms with Gasteiger partial charge in [-0.05, 0) is 12.5 Å². The molecule has 1 aromatic heterocycles. The van der Waals surface area contributed by atoms with Crippen LogP contribution in [0.15, 0.2) is 18.3 Å². The molecule has 2 heterocycles. The van der Waals surface area contributed by atoms with Crippen molar-refractivity contribution in [3.8, 4) is 0 Å². The third-order valence-corrected chi connectivity index (χ3v) is 4.83. The predicted octanol–water partition coefficient (Wildman–Crippen LogP) is 2.91. The molecular weight excluding hydrogens is 254 g/mol. The number of nitrogens with zero attached hydrogens (tertiary/aromatic N) is 2. The second-order valence-corrected chi connectivity index (χ2v) is 6.78. The number of rotatable bonds is 5. The maximum atomic E-state index is 4.63. The Labute approximate surface area is 121 Å². The molecule has 0 aromatic carbocycles. The van der Waals surface area contributed by atoms with E-state index in [1.165, 1.54) is 23.6 Å². The molecule has 0 amide bonds. The Kier molecular flexibility index (Phi) is 5.52. The number of hydrogen-bond acceptors (Lipinski definition) is 4. The lowest BCUT2D eigenvalue weighted by Gasteiger charge is -2.34. The number of thioether (sulfide) groups is 1. The van der Waals surface area contributed by atoms with Crippen molar-refractivity contribution in [2.45, 2.75) is 45.0 Å². The Hall–Kier alpha value is -0.740. The van der Waals surface area contributed by atoms with Gasteiger partial charge in [0.05, 0.1) is 0 Å². The maximum absolute atomic E-state index is 4.63. The van der Waals surface area contributed by atoms with Crippen LogP contribution in [0.25, 0.3) is 0 Å². The van der Waals surface area contributed by atoms with Gasteiger partial charge in [-0.3, -0.25) is 0 Å². The number of nitrogens with one attached hydrogen (secondary N) is 1. The molecule has 1 unspecified atom stereocenters. The van der Waals surface area contributed by atoms with Crippen molar-refractivity contribution in [3.63, 3.8) is 0 Å². The van der Waals surface area contributed by atoms with Crippen molar-refractivity contribution in [1.82, 2.24) is 10.3 Å². The average molecular weight is 279 g/mol. The zero-order valence-electron chi connectivity index (χ0n) is 12.2. The molecular formula is C15H25N3S. The lowest BCUT2D eigenvalue weighted by molar-refractivity contribution is 0.586. The van der Waals surface area contributed by atoms with Gasteiger partial charge in [0.15, 0.2) is 0 Å². The van der Waals surface area contributed by atoms with E-state index in [-0.39, 0.29) is 0 Å². The molecule has 2 rings (SSSR count).